The maximum atomic E-state index is 9.60. The summed E-state index contributed by atoms with van der Waals surface area (Å²) in [5, 5.41) is 16.5. The average molecular weight is 283 g/mol. The average Bonchev–Trinajstić information content (AvgIpc) is 2.76. The van der Waals surface area contributed by atoms with E-state index in [1.165, 1.54) is 6.26 Å². The summed E-state index contributed by atoms with van der Waals surface area (Å²) in [5.41, 5.74) is 1.69. The summed E-state index contributed by atoms with van der Waals surface area (Å²) >= 11 is 3.36. The van der Waals surface area contributed by atoms with Gasteiger partial charge in [0.05, 0.1) is 5.69 Å². The lowest BCUT2D eigenvalue weighted by atomic mass is 10.2. The first-order valence-corrected chi connectivity index (χ1v) is 5.62. The van der Waals surface area contributed by atoms with Crippen LogP contribution in [0.4, 0.5) is 0 Å². The van der Waals surface area contributed by atoms with Crippen molar-refractivity contribution in [3.8, 4) is 5.75 Å². The molecule has 16 heavy (non-hydrogen) atoms. The van der Waals surface area contributed by atoms with E-state index in [-0.39, 0.29) is 5.75 Å². The maximum absolute atomic E-state index is 9.60. The van der Waals surface area contributed by atoms with Crippen LogP contribution in [0.25, 0.3) is 0 Å². The molecule has 0 aliphatic carbocycles. The Morgan fingerprint density at radius 3 is 2.94 bits per heavy atom. The van der Waals surface area contributed by atoms with E-state index in [1.54, 1.807) is 18.2 Å². The van der Waals surface area contributed by atoms with Gasteiger partial charge < -0.3 is 14.9 Å². The van der Waals surface area contributed by atoms with E-state index in [2.05, 4.69) is 26.4 Å². The largest absolute Gasteiger partial charge is 0.508 e. The lowest BCUT2D eigenvalue weighted by Crippen LogP contribution is -2.12. The molecule has 0 saturated heterocycles. The van der Waals surface area contributed by atoms with Crippen molar-refractivity contribution < 1.29 is 9.63 Å². The minimum atomic E-state index is 0.288. The van der Waals surface area contributed by atoms with E-state index in [0.29, 0.717) is 13.1 Å². The van der Waals surface area contributed by atoms with Crippen molar-refractivity contribution in [3.05, 3.63) is 46.3 Å². The molecule has 0 fully saturated rings. The zero-order valence-corrected chi connectivity index (χ0v) is 10.1. The van der Waals surface area contributed by atoms with E-state index in [4.69, 9.17) is 4.52 Å². The van der Waals surface area contributed by atoms with Crippen LogP contribution in [0.1, 0.15) is 11.3 Å². The molecular formula is C11H11BrN2O2. The summed E-state index contributed by atoms with van der Waals surface area (Å²) in [6.45, 7) is 1.20. The van der Waals surface area contributed by atoms with E-state index in [9.17, 15) is 5.11 Å². The van der Waals surface area contributed by atoms with Crippen molar-refractivity contribution in [2.24, 2.45) is 0 Å². The van der Waals surface area contributed by atoms with Crippen molar-refractivity contribution in [2.75, 3.05) is 0 Å². The Morgan fingerprint density at radius 1 is 1.31 bits per heavy atom. The molecule has 0 amide bonds. The van der Waals surface area contributed by atoms with Crippen LogP contribution in [0.3, 0.4) is 0 Å². The molecule has 0 unspecified atom stereocenters. The first-order valence-electron chi connectivity index (χ1n) is 4.83. The quantitative estimate of drug-likeness (QED) is 0.904. The second kappa shape index (κ2) is 5.14. The molecule has 1 aromatic carbocycles. The summed E-state index contributed by atoms with van der Waals surface area (Å²) in [6.07, 6.45) is 1.54. The van der Waals surface area contributed by atoms with Gasteiger partial charge in [0, 0.05) is 29.2 Å². The third-order valence-corrected chi connectivity index (χ3v) is 2.65. The molecule has 2 N–H and O–H groups in total. The van der Waals surface area contributed by atoms with Gasteiger partial charge in [-0.3, -0.25) is 0 Å². The number of hydrogen-bond donors (Lipinski definition) is 2. The molecule has 2 rings (SSSR count). The summed E-state index contributed by atoms with van der Waals surface area (Å²) in [5.74, 6) is 0.288. The Hall–Kier alpha value is -1.33. The lowest BCUT2D eigenvalue weighted by molar-refractivity contribution is 0.408. The Morgan fingerprint density at radius 2 is 2.19 bits per heavy atom. The van der Waals surface area contributed by atoms with Crippen LogP contribution in [-0.2, 0) is 13.1 Å². The molecule has 0 aliphatic heterocycles. The highest BCUT2D eigenvalue weighted by Crippen LogP contribution is 2.21. The fourth-order valence-electron chi connectivity index (χ4n) is 1.35. The second-order valence-corrected chi connectivity index (χ2v) is 4.28. The van der Waals surface area contributed by atoms with Gasteiger partial charge in [0.15, 0.2) is 0 Å². The normalized spacial score (nSPS) is 10.6. The van der Waals surface area contributed by atoms with Crippen LogP contribution in [-0.4, -0.2) is 10.3 Å². The molecule has 0 spiro atoms. The second-order valence-electron chi connectivity index (χ2n) is 3.37. The van der Waals surface area contributed by atoms with Crippen molar-refractivity contribution in [3.63, 3.8) is 0 Å². The Balaban J connectivity index is 1.92. The summed E-state index contributed by atoms with van der Waals surface area (Å²) in [4.78, 5) is 0. The molecule has 0 radical (unpaired) electrons. The predicted octanol–water partition coefficient (Wildman–Crippen LogP) is 2.43. The Labute approximate surface area is 101 Å². The summed E-state index contributed by atoms with van der Waals surface area (Å²) in [6, 6.07) is 7.15. The third-order valence-electron chi connectivity index (χ3n) is 2.15. The number of nitrogens with zero attached hydrogens (tertiary/aromatic N) is 1. The van der Waals surface area contributed by atoms with Crippen LogP contribution < -0.4 is 5.32 Å². The molecule has 0 atom stereocenters. The number of nitrogens with one attached hydrogen (secondary N) is 1. The molecule has 2 aromatic rings. The van der Waals surface area contributed by atoms with Crippen LogP contribution in [0, 0.1) is 0 Å². The topological polar surface area (TPSA) is 58.3 Å². The molecule has 4 nitrogen and oxygen atoms in total. The molecule has 1 heterocycles. The summed E-state index contributed by atoms with van der Waals surface area (Å²) in [7, 11) is 0. The molecule has 5 heteroatoms. The fourth-order valence-corrected chi connectivity index (χ4v) is 1.76. The van der Waals surface area contributed by atoms with Gasteiger partial charge in [-0.1, -0.05) is 21.1 Å². The van der Waals surface area contributed by atoms with Gasteiger partial charge in [-0.15, -0.1) is 0 Å². The van der Waals surface area contributed by atoms with Gasteiger partial charge in [-0.05, 0) is 18.2 Å². The maximum Gasteiger partial charge on any atom is 0.124 e. The van der Waals surface area contributed by atoms with Crippen molar-refractivity contribution in [2.45, 2.75) is 13.1 Å². The molecular weight excluding hydrogens is 272 g/mol. The van der Waals surface area contributed by atoms with E-state index in [1.807, 2.05) is 6.07 Å². The van der Waals surface area contributed by atoms with Gasteiger partial charge >= 0.3 is 0 Å². The van der Waals surface area contributed by atoms with Crippen molar-refractivity contribution >= 4 is 15.9 Å². The SMILES string of the molecule is Oc1ccc(Br)cc1CNCc1ccon1. The number of hydrogen-bond acceptors (Lipinski definition) is 4. The lowest BCUT2D eigenvalue weighted by Gasteiger charge is -2.05. The number of phenolic OH excluding ortho intramolecular Hbond substituents is 1. The van der Waals surface area contributed by atoms with Crippen molar-refractivity contribution in [1.82, 2.24) is 10.5 Å². The molecule has 0 bridgehead atoms. The minimum Gasteiger partial charge on any atom is -0.508 e. The van der Waals surface area contributed by atoms with E-state index < -0.39 is 0 Å². The van der Waals surface area contributed by atoms with E-state index >= 15 is 0 Å². The van der Waals surface area contributed by atoms with Crippen LogP contribution in [0.15, 0.2) is 39.5 Å². The first-order chi connectivity index (χ1) is 7.75. The predicted molar refractivity (Wildman–Crippen MR) is 62.9 cm³/mol. The fraction of sp³-hybridized carbons (Fsp3) is 0.182. The molecule has 84 valence electrons. The standard InChI is InChI=1S/C11H11BrN2O2/c12-9-1-2-11(15)8(5-9)6-13-7-10-3-4-16-14-10/h1-5,13,15H,6-7H2. The highest BCUT2D eigenvalue weighted by molar-refractivity contribution is 9.10. The molecule has 0 aliphatic rings. The monoisotopic (exact) mass is 282 g/mol. The highest BCUT2D eigenvalue weighted by atomic mass is 79.9. The molecule has 0 saturated carbocycles. The third kappa shape index (κ3) is 2.84. The number of benzene rings is 1. The Kier molecular flexibility index (Phi) is 3.58. The van der Waals surface area contributed by atoms with Gasteiger partial charge in [0.2, 0.25) is 0 Å². The number of phenols is 1. The zero-order chi connectivity index (χ0) is 11.4. The number of halogens is 1. The van der Waals surface area contributed by atoms with Crippen LogP contribution >= 0.6 is 15.9 Å². The van der Waals surface area contributed by atoms with Gasteiger partial charge in [0.25, 0.3) is 0 Å². The first kappa shape index (κ1) is 11.2. The van der Waals surface area contributed by atoms with Crippen LogP contribution in [0.2, 0.25) is 0 Å². The zero-order valence-electron chi connectivity index (χ0n) is 8.48. The number of aromatic nitrogens is 1. The van der Waals surface area contributed by atoms with E-state index in [0.717, 1.165) is 15.7 Å². The van der Waals surface area contributed by atoms with Crippen molar-refractivity contribution in [1.29, 1.82) is 0 Å². The Bertz CT molecular complexity index is 457. The molecule has 1 aromatic heterocycles. The van der Waals surface area contributed by atoms with Gasteiger partial charge in [0.1, 0.15) is 12.0 Å². The number of aromatic hydroxyl groups is 1. The number of rotatable bonds is 4. The van der Waals surface area contributed by atoms with Gasteiger partial charge in [-0.2, -0.15) is 0 Å². The van der Waals surface area contributed by atoms with Crippen LogP contribution in [0.5, 0.6) is 5.75 Å². The highest BCUT2D eigenvalue weighted by Gasteiger charge is 2.02. The summed E-state index contributed by atoms with van der Waals surface area (Å²) < 4.78 is 5.66. The van der Waals surface area contributed by atoms with Gasteiger partial charge in [-0.25, -0.2) is 0 Å². The smallest absolute Gasteiger partial charge is 0.124 e. The minimum absolute atomic E-state index is 0.288.